The summed E-state index contributed by atoms with van der Waals surface area (Å²) in [6.07, 6.45) is 4.40. The van der Waals surface area contributed by atoms with Gasteiger partial charge in [0, 0.05) is 0 Å². The van der Waals surface area contributed by atoms with E-state index >= 15 is 0 Å². The van der Waals surface area contributed by atoms with E-state index in [0.717, 1.165) is 12.8 Å². The number of hydrogen-bond donors (Lipinski definition) is 2. The summed E-state index contributed by atoms with van der Waals surface area (Å²) >= 11 is 0. The summed E-state index contributed by atoms with van der Waals surface area (Å²) in [4.78, 5) is 0. The molecule has 3 N–H and O–H groups in total. The van der Waals surface area contributed by atoms with Gasteiger partial charge in [-0.3, -0.25) is 0 Å². The predicted molar refractivity (Wildman–Crippen MR) is 44.3 cm³/mol. The molecule has 0 aliphatic heterocycles. The Morgan fingerprint density at radius 3 is 2.30 bits per heavy atom. The molecule has 2 nitrogen and oxygen atoms in total. The first-order valence-electron chi connectivity index (χ1n) is 3.72. The summed E-state index contributed by atoms with van der Waals surface area (Å²) in [5.41, 5.74) is 5.43. The molecule has 0 aromatic rings. The molecule has 0 unspecified atom stereocenters. The Morgan fingerprint density at radius 2 is 1.90 bits per heavy atom. The second kappa shape index (κ2) is 4.94. The average molecular weight is 166 g/mol. The lowest BCUT2D eigenvalue weighted by Crippen LogP contribution is -2.30. The summed E-state index contributed by atoms with van der Waals surface area (Å²) < 4.78 is 0. The number of halogens is 1. The van der Waals surface area contributed by atoms with E-state index < -0.39 is 0 Å². The first-order valence-corrected chi connectivity index (χ1v) is 3.72. The molecule has 0 amide bonds. The minimum absolute atomic E-state index is 0. The maximum atomic E-state index is 9.29. The third kappa shape index (κ3) is 2.45. The van der Waals surface area contributed by atoms with Crippen molar-refractivity contribution in [2.75, 3.05) is 6.54 Å². The van der Waals surface area contributed by atoms with E-state index in [1.54, 1.807) is 0 Å². The predicted octanol–water partition coefficient (Wildman–Crippen LogP) is 0.918. The summed E-state index contributed by atoms with van der Waals surface area (Å²) in [7, 11) is 0. The second-order valence-electron chi connectivity index (χ2n) is 2.85. The van der Waals surface area contributed by atoms with Gasteiger partial charge in [0.1, 0.15) is 0 Å². The van der Waals surface area contributed by atoms with E-state index in [4.69, 9.17) is 5.73 Å². The van der Waals surface area contributed by atoms with Crippen LogP contribution in [0, 0.1) is 5.92 Å². The number of rotatable bonds is 1. The third-order valence-electron chi connectivity index (χ3n) is 2.17. The van der Waals surface area contributed by atoms with Crippen molar-refractivity contribution in [3.05, 3.63) is 0 Å². The van der Waals surface area contributed by atoms with E-state index in [-0.39, 0.29) is 18.5 Å². The molecule has 0 bridgehead atoms. The van der Waals surface area contributed by atoms with Crippen molar-refractivity contribution in [1.82, 2.24) is 0 Å². The largest absolute Gasteiger partial charge is 0.393 e. The van der Waals surface area contributed by atoms with Crippen LogP contribution in [0.3, 0.4) is 0 Å². The molecule has 1 fully saturated rings. The van der Waals surface area contributed by atoms with E-state index in [2.05, 4.69) is 0 Å². The SMILES string of the molecule is Cl.NC[C@H]1CCCC[C@@H]1O. The van der Waals surface area contributed by atoms with Gasteiger partial charge >= 0.3 is 0 Å². The minimum Gasteiger partial charge on any atom is -0.393 e. The van der Waals surface area contributed by atoms with Crippen LogP contribution in [0.25, 0.3) is 0 Å². The van der Waals surface area contributed by atoms with E-state index in [1.807, 2.05) is 0 Å². The van der Waals surface area contributed by atoms with Crippen LogP contribution < -0.4 is 5.73 Å². The average Bonchev–Trinajstić information content (AvgIpc) is 1.89. The van der Waals surface area contributed by atoms with E-state index in [0.29, 0.717) is 12.5 Å². The second-order valence-corrected chi connectivity index (χ2v) is 2.85. The Kier molecular flexibility index (Phi) is 5.04. The van der Waals surface area contributed by atoms with Crippen LogP contribution in [-0.4, -0.2) is 17.8 Å². The lowest BCUT2D eigenvalue weighted by Gasteiger charge is -2.25. The molecule has 0 saturated heterocycles. The van der Waals surface area contributed by atoms with Gasteiger partial charge in [-0.05, 0) is 25.3 Å². The Bertz CT molecular complexity index is 89.7. The number of nitrogens with two attached hydrogens (primary N) is 1. The van der Waals surface area contributed by atoms with Crippen molar-refractivity contribution in [2.45, 2.75) is 31.8 Å². The normalized spacial score (nSPS) is 33.0. The fourth-order valence-corrected chi connectivity index (χ4v) is 1.46. The van der Waals surface area contributed by atoms with Crippen LogP contribution in [0.2, 0.25) is 0 Å². The zero-order chi connectivity index (χ0) is 6.69. The number of aliphatic hydroxyl groups is 1. The van der Waals surface area contributed by atoms with Crippen LogP contribution in [0.15, 0.2) is 0 Å². The molecule has 10 heavy (non-hydrogen) atoms. The Balaban J connectivity index is 0.000000810. The van der Waals surface area contributed by atoms with Gasteiger partial charge in [0.05, 0.1) is 6.10 Å². The highest BCUT2D eigenvalue weighted by atomic mass is 35.5. The molecule has 0 aromatic carbocycles. The van der Waals surface area contributed by atoms with Crippen molar-refractivity contribution < 1.29 is 5.11 Å². The lowest BCUT2D eigenvalue weighted by atomic mass is 9.87. The van der Waals surface area contributed by atoms with Crippen LogP contribution in [0.4, 0.5) is 0 Å². The molecular weight excluding hydrogens is 150 g/mol. The van der Waals surface area contributed by atoms with Crippen molar-refractivity contribution in [3.8, 4) is 0 Å². The summed E-state index contributed by atoms with van der Waals surface area (Å²) in [6, 6.07) is 0. The van der Waals surface area contributed by atoms with Crippen LogP contribution >= 0.6 is 12.4 Å². The fourth-order valence-electron chi connectivity index (χ4n) is 1.46. The monoisotopic (exact) mass is 165 g/mol. The van der Waals surface area contributed by atoms with Crippen molar-refractivity contribution in [1.29, 1.82) is 0 Å². The van der Waals surface area contributed by atoms with Gasteiger partial charge < -0.3 is 10.8 Å². The van der Waals surface area contributed by atoms with Crippen LogP contribution in [0.1, 0.15) is 25.7 Å². The molecule has 1 rings (SSSR count). The van der Waals surface area contributed by atoms with Gasteiger partial charge in [0.25, 0.3) is 0 Å². The van der Waals surface area contributed by atoms with E-state index in [1.165, 1.54) is 12.8 Å². The van der Waals surface area contributed by atoms with Crippen molar-refractivity contribution in [2.24, 2.45) is 11.7 Å². The fraction of sp³-hybridized carbons (Fsp3) is 1.00. The highest BCUT2D eigenvalue weighted by Gasteiger charge is 2.20. The highest BCUT2D eigenvalue weighted by Crippen LogP contribution is 2.22. The Morgan fingerprint density at radius 1 is 1.30 bits per heavy atom. The molecule has 1 saturated carbocycles. The van der Waals surface area contributed by atoms with Gasteiger partial charge in [0.15, 0.2) is 0 Å². The smallest absolute Gasteiger partial charge is 0.0580 e. The van der Waals surface area contributed by atoms with Gasteiger partial charge in [-0.25, -0.2) is 0 Å². The van der Waals surface area contributed by atoms with Crippen molar-refractivity contribution in [3.63, 3.8) is 0 Å². The Labute approximate surface area is 68.2 Å². The summed E-state index contributed by atoms with van der Waals surface area (Å²) in [6.45, 7) is 0.654. The molecule has 1 aliphatic carbocycles. The molecule has 0 radical (unpaired) electrons. The topological polar surface area (TPSA) is 46.2 Å². The molecule has 3 heteroatoms. The first kappa shape index (κ1) is 10.2. The third-order valence-corrected chi connectivity index (χ3v) is 2.17. The standard InChI is InChI=1S/C7H15NO.ClH/c8-5-6-3-1-2-4-7(6)9;/h6-7,9H,1-5,8H2;1H/t6-,7+;/m1./s1. The number of aliphatic hydroxyl groups excluding tert-OH is 1. The molecule has 1 aliphatic rings. The van der Waals surface area contributed by atoms with Gasteiger partial charge in [-0.2, -0.15) is 0 Å². The number of hydrogen-bond acceptors (Lipinski definition) is 2. The van der Waals surface area contributed by atoms with E-state index in [9.17, 15) is 5.11 Å². The van der Waals surface area contributed by atoms with Crippen molar-refractivity contribution >= 4 is 12.4 Å². The quantitative estimate of drug-likeness (QED) is 0.607. The first-order chi connectivity index (χ1) is 4.34. The summed E-state index contributed by atoms with van der Waals surface area (Å²) in [5, 5.41) is 9.29. The van der Waals surface area contributed by atoms with Gasteiger partial charge in [0.2, 0.25) is 0 Å². The zero-order valence-electron chi connectivity index (χ0n) is 6.12. The molecule has 0 heterocycles. The summed E-state index contributed by atoms with van der Waals surface area (Å²) in [5.74, 6) is 0.388. The highest BCUT2D eigenvalue weighted by molar-refractivity contribution is 5.85. The molecule has 2 atom stereocenters. The van der Waals surface area contributed by atoms with Gasteiger partial charge in [-0.15, -0.1) is 12.4 Å². The maximum absolute atomic E-state index is 9.29. The maximum Gasteiger partial charge on any atom is 0.0580 e. The zero-order valence-corrected chi connectivity index (χ0v) is 6.94. The van der Waals surface area contributed by atoms with Crippen LogP contribution in [0.5, 0.6) is 0 Å². The molecule has 62 valence electrons. The molecular formula is C7H16ClNO. The lowest BCUT2D eigenvalue weighted by molar-refractivity contribution is 0.0743. The minimum atomic E-state index is -0.108. The van der Waals surface area contributed by atoms with Crippen LogP contribution in [-0.2, 0) is 0 Å². The molecule has 0 aromatic heterocycles. The van der Waals surface area contributed by atoms with Gasteiger partial charge in [-0.1, -0.05) is 12.8 Å². The molecule has 0 spiro atoms. The Hall–Kier alpha value is 0.210.